The predicted molar refractivity (Wildman–Crippen MR) is 177 cm³/mol. The Morgan fingerprint density at radius 3 is 1.10 bits per heavy atom. The largest absolute Gasteiger partial charge is 0.384 e. The van der Waals surface area contributed by atoms with Crippen LogP contribution in [0.3, 0.4) is 0 Å². The minimum atomic E-state index is -1.46. The van der Waals surface area contributed by atoms with E-state index in [2.05, 4.69) is 117 Å². The van der Waals surface area contributed by atoms with E-state index in [4.69, 9.17) is 25.7 Å². The van der Waals surface area contributed by atoms with E-state index in [-0.39, 0.29) is 0 Å². The second kappa shape index (κ2) is 18.3. The Morgan fingerprint density at radius 1 is 0.500 bits per heavy atom. The van der Waals surface area contributed by atoms with Crippen LogP contribution in [0.5, 0.6) is 0 Å². The highest BCUT2D eigenvalue weighted by Gasteiger charge is 2.24. The molecule has 1 N–H and O–H groups in total. The molecule has 0 saturated heterocycles. The summed E-state index contributed by atoms with van der Waals surface area (Å²) in [5.74, 6) is 40.4. The van der Waals surface area contributed by atoms with Crippen LogP contribution >= 0.6 is 15.8 Å². The van der Waals surface area contributed by atoms with Crippen molar-refractivity contribution < 1.29 is 5.11 Å². The molecule has 190 valence electrons. The molecule has 0 fully saturated rings. The molecule has 0 radical (unpaired) electrons. The lowest BCUT2D eigenvalue weighted by molar-refractivity contribution is 0.222. The zero-order valence-electron chi connectivity index (χ0n) is 22.7. The van der Waals surface area contributed by atoms with Gasteiger partial charge in [0.15, 0.2) is 0 Å². The van der Waals surface area contributed by atoms with Gasteiger partial charge in [-0.2, -0.15) is 0 Å². The van der Waals surface area contributed by atoms with Gasteiger partial charge in [-0.25, -0.2) is 0 Å². The van der Waals surface area contributed by atoms with Gasteiger partial charge in [0, 0.05) is 10.6 Å². The number of terminal acetylenes is 4. The summed E-state index contributed by atoms with van der Waals surface area (Å²) in [6.07, 6.45) is 19.8. The predicted octanol–water partition coefficient (Wildman–Crippen LogP) is 3.99. The molecule has 0 saturated carbocycles. The summed E-state index contributed by atoms with van der Waals surface area (Å²) in [6, 6.07) is 11.4. The van der Waals surface area contributed by atoms with E-state index in [1.165, 1.54) is 0 Å². The Hall–Kier alpha value is -6.02. The summed E-state index contributed by atoms with van der Waals surface area (Å²) in [5.41, 5.74) is 15.5. The van der Waals surface area contributed by atoms with Crippen molar-refractivity contribution in [2.75, 3.05) is 0 Å². The van der Waals surface area contributed by atoms with Crippen LogP contribution in [-0.2, 0) is 0 Å². The zero-order chi connectivity index (χ0) is 30.6. The first-order chi connectivity index (χ1) is 20.5. The Morgan fingerprint density at radius 2 is 0.810 bits per heavy atom. The molecule has 0 bridgehead atoms. The molecule has 0 aliphatic heterocycles. The molecule has 1 nitrogen and oxygen atoms in total. The fourth-order valence-electron chi connectivity index (χ4n) is 3.23. The van der Waals surface area contributed by atoms with E-state index in [1.807, 2.05) is 50.2 Å². The lowest BCUT2D eigenvalue weighted by atomic mass is 9.99. The van der Waals surface area contributed by atoms with E-state index in [0.29, 0.717) is 11.1 Å². The van der Waals surface area contributed by atoms with Crippen LogP contribution in [-0.4, -0.2) is 5.11 Å². The Bertz CT molecular complexity index is 1820. The number of aliphatic hydroxyl groups is 1. The molecule has 0 atom stereocenters. The minimum Gasteiger partial charge on any atom is -0.384 e. The first kappa shape index (κ1) is 32.2. The lowest BCUT2D eigenvalue weighted by Gasteiger charge is -2.21. The van der Waals surface area contributed by atoms with Crippen LogP contribution in [0.4, 0.5) is 0 Å². The average Bonchev–Trinajstić information content (AvgIpc) is 2.99. The Balaban J connectivity index is 2.83. The van der Waals surface area contributed by atoms with E-state index < -0.39 is 21.9 Å². The summed E-state index contributed by atoms with van der Waals surface area (Å²) in [4.78, 5) is 0. The highest BCUT2D eigenvalue weighted by Crippen LogP contribution is 2.39. The molecule has 2 aromatic rings. The maximum absolute atomic E-state index is 11.9. The van der Waals surface area contributed by atoms with Crippen LogP contribution in [0.15, 0.2) is 36.4 Å². The van der Waals surface area contributed by atoms with Crippen LogP contribution in [0.1, 0.15) is 28.4 Å². The maximum atomic E-state index is 11.9. The molecule has 3 heteroatoms. The standard InChI is InChI=1S/C39H18OP2/c1-7-11-15-19-27-41(28-20-16-12-8-2)37-31-33(5)23-25-35(37)39(40)36-26-24-34(6)32-38(36)42(29-21-17-13-9-3)30-22-18-14-10-4/h1-4,23-26,31-32,39-40H,5-6H3. The summed E-state index contributed by atoms with van der Waals surface area (Å²) in [6.45, 7) is 3.89. The second-order valence-corrected chi connectivity index (χ2v) is 10.9. The van der Waals surface area contributed by atoms with Crippen molar-refractivity contribution >= 4 is 26.5 Å². The van der Waals surface area contributed by atoms with Gasteiger partial charge >= 0.3 is 0 Å². The van der Waals surface area contributed by atoms with Crippen molar-refractivity contribution in [3.8, 4) is 143 Å². The Kier molecular flexibility index (Phi) is 14.0. The van der Waals surface area contributed by atoms with Gasteiger partial charge in [0.05, 0.1) is 15.8 Å². The van der Waals surface area contributed by atoms with Crippen molar-refractivity contribution in [2.24, 2.45) is 0 Å². The molecule has 0 aliphatic rings. The highest BCUT2D eigenvalue weighted by molar-refractivity contribution is 7.75. The molecule has 2 aromatic carbocycles. The van der Waals surface area contributed by atoms with Gasteiger partial charge in [0.2, 0.25) is 0 Å². The summed E-state index contributed by atoms with van der Waals surface area (Å²) >= 11 is 0. The summed E-state index contributed by atoms with van der Waals surface area (Å²) in [5, 5.41) is 13.4. The van der Waals surface area contributed by atoms with Gasteiger partial charge in [-0.15, -0.1) is 25.7 Å². The third-order valence-corrected chi connectivity index (χ3v) is 7.98. The highest BCUT2D eigenvalue weighted by atomic mass is 31.1. The number of rotatable bonds is 4. The normalized spacial score (nSPS) is 7.86. The number of benzene rings is 2. The molecule has 0 aliphatic carbocycles. The third-order valence-electron chi connectivity index (χ3n) is 4.90. The van der Waals surface area contributed by atoms with Crippen LogP contribution < -0.4 is 10.6 Å². The van der Waals surface area contributed by atoms with Crippen molar-refractivity contribution in [2.45, 2.75) is 20.0 Å². The zero-order valence-corrected chi connectivity index (χ0v) is 24.5. The van der Waals surface area contributed by atoms with Gasteiger partial charge in [-0.3, -0.25) is 0 Å². The van der Waals surface area contributed by atoms with Crippen molar-refractivity contribution in [1.82, 2.24) is 0 Å². The average molecular weight is 565 g/mol. The number of hydrogen-bond donors (Lipinski definition) is 1. The van der Waals surface area contributed by atoms with Crippen molar-refractivity contribution in [3.63, 3.8) is 0 Å². The topological polar surface area (TPSA) is 20.2 Å². The Labute approximate surface area is 252 Å². The van der Waals surface area contributed by atoms with Crippen LogP contribution in [0.2, 0.25) is 0 Å². The molecule has 0 heterocycles. The number of aliphatic hydroxyl groups excluding tert-OH is 1. The van der Waals surface area contributed by atoms with Gasteiger partial charge in [-0.05, 0) is 154 Å². The fraction of sp³-hybridized carbons (Fsp3) is 0.0769. The fourth-order valence-corrected chi connectivity index (χ4v) is 6.07. The molecular formula is C39H18OP2. The smallest absolute Gasteiger partial charge is 0.105 e. The maximum Gasteiger partial charge on any atom is 0.105 e. The SMILES string of the molecule is C#CC#CC#CP(C#CC#CC#C)c1cc(C)ccc1C(O)c1ccc(C)cc1P(C#CC#CC#C)C#CC#CC#C. The van der Waals surface area contributed by atoms with Gasteiger partial charge in [0.25, 0.3) is 0 Å². The first-order valence-corrected chi connectivity index (χ1v) is 14.5. The van der Waals surface area contributed by atoms with Crippen LogP contribution in [0.25, 0.3) is 0 Å². The monoisotopic (exact) mass is 564 g/mol. The second-order valence-electron chi connectivity index (χ2n) is 7.72. The number of hydrogen-bond acceptors (Lipinski definition) is 1. The van der Waals surface area contributed by atoms with E-state index in [0.717, 1.165) is 21.7 Å². The van der Waals surface area contributed by atoms with E-state index >= 15 is 0 Å². The molecular weight excluding hydrogens is 546 g/mol. The first-order valence-electron chi connectivity index (χ1n) is 11.8. The molecule has 0 unspecified atom stereocenters. The summed E-state index contributed by atoms with van der Waals surface area (Å²) < 4.78 is 0. The third kappa shape index (κ3) is 10.3. The lowest BCUT2D eigenvalue weighted by Crippen LogP contribution is -2.19. The molecule has 0 aromatic heterocycles. The molecule has 2 rings (SSSR count). The van der Waals surface area contributed by atoms with Gasteiger partial charge in [-0.1, -0.05) is 35.4 Å². The molecule has 0 amide bonds. The van der Waals surface area contributed by atoms with Crippen LogP contribution in [0, 0.1) is 157 Å². The molecule has 42 heavy (non-hydrogen) atoms. The number of aryl methyl sites for hydroxylation is 2. The summed E-state index contributed by atoms with van der Waals surface area (Å²) in [7, 11) is -2.91. The van der Waals surface area contributed by atoms with Crippen molar-refractivity contribution in [3.05, 3.63) is 58.7 Å². The van der Waals surface area contributed by atoms with Gasteiger partial charge < -0.3 is 5.11 Å². The van der Waals surface area contributed by atoms with Crippen molar-refractivity contribution in [1.29, 1.82) is 0 Å². The van der Waals surface area contributed by atoms with E-state index in [9.17, 15) is 5.11 Å². The van der Waals surface area contributed by atoms with Gasteiger partial charge in [0.1, 0.15) is 6.10 Å². The minimum absolute atomic E-state index is 0.616. The molecule has 0 spiro atoms. The van der Waals surface area contributed by atoms with E-state index in [1.54, 1.807) is 0 Å². The quantitative estimate of drug-likeness (QED) is 0.440.